The number of rotatable bonds is 8. The van der Waals surface area contributed by atoms with Gasteiger partial charge in [-0.05, 0) is 65.3 Å². The fourth-order valence-corrected chi connectivity index (χ4v) is 4.41. The number of ether oxygens (including phenoxy) is 1. The standard InChI is InChI=1S/C19H21BrClN3O2S/c1-19(2,8-14-7-12-5-3-4-6-16(12)27-14)23-9-13(25)11-26-17-15(20)10-22-18(21)24-17/h3-7,10,13,23,25H,8-9,11H2,1-2H3. The second-order valence-corrected chi connectivity index (χ2v) is 9.31. The van der Waals surface area contributed by atoms with E-state index < -0.39 is 6.10 Å². The SMILES string of the molecule is CC(C)(Cc1cc2ccccc2s1)NCC(O)COc1nc(Cl)ncc1Br. The topological polar surface area (TPSA) is 67.3 Å². The maximum atomic E-state index is 10.2. The zero-order chi connectivity index (χ0) is 19.4. The number of hydrogen-bond donors (Lipinski definition) is 2. The third kappa shape index (κ3) is 5.86. The normalized spacial score (nSPS) is 13.1. The summed E-state index contributed by atoms with van der Waals surface area (Å²) < 4.78 is 7.42. The molecule has 0 amide bonds. The summed E-state index contributed by atoms with van der Waals surface area (Å²) in [5, 5.41) is 15.0. The van der Waals surface area contributed by atoms with E-state index in [-0.39, 0.29) is 17.4 Å². The van der Waals surface area contributed by atoms with E-state index in [0.717, 1.165) is 6.42 Å². The summed E-state index contributed by atoms with van der Waals surface area (Å²) in [5.41, 5.74) is -0.152. The van der Waals surface area contributed by atoms with Gasteiger partial charge in [-0.25, -0.2) is 4.98 Å². The Labute approximate surface area is 175 Å². The van der Waals surface area contributed by atoms with Crippen LogP contribution < -0.4 is 10.1 Å². The van der Waals surface area contributed by atoms with Crippen LogP contribution >= 0.6 is 38.9 Å². The number of aliphatic hydroxyl groups is 1. The van der Waals surface area contributed by atoms with Gasteiger partial charge in [-0.15, -0.1) is 11.3 Å². The zero-order valence-corrected chi connectivity index (χ0v) is 18.2. The van der Waals surface area contributed by atoms with Crippen molar-refractivity contribution in [2.45, 2.75) is 31.9 Å². The van der Waals surface area contributed by atoms with Gasteiger partial charge in [0.1, 0.15) is 12.7 Å². The molecule has 1 aromatic carbocycles. The molecule has 0 aliphatic rings. The molecule has 0 saturated carbocycles. The van der Waals surface area contributed by atoms with Crippen molar-refractivity contribution in [3.63, 3.8) is 0 Å². The molecule has 0 aliphatic heterocycles. The molecular weight excluding hydrogens is 450 g/mol. The average Bonchev–Trinajstić information content (AvgIpc) is 3.02. The third-order valence-electron chi connectivity index (χ3n) is 4.00. The van der Waals surface area contributed by atoms with Gasteiger partial charge < -0.3 is 15.2 Å². The zero-order valence-electron chi connectivity index (χ0n) is 15.1. The van der Waals surface area contributed by atoms with E-state index in [9.17, 15) is 5.11 Å². The van der Waals surface area contributed by atoms with Crippen LogP contribution in [-0.4, -0.2) is 39.9 Å². The van der Waals surface area contributed by atoms with Crippen LogP contribution in [0, 0.1) is 0 Å². The van der Waals surface area contributed by atoms with Gasteiger partial charge in [0.15, 0.2) is 0 Å². The predicted molar refractivity (Wildman–Crippen MR) is 114 cm³/mol. The molecule has 0 fully saturated rings. The van der Waals surface area contributed by atoms with Crippen molar-refractivity contribution in [2.75, 3.05) is 13.2 Å². The summed E-state index contributed by atoms with van der Waals surface area (Å²) in [5.74, 6) is 0.318. The molecule has 8 heteroatoms. The van der Waals surface area contributed by atoms with Crippen molar-refractivity contribution in [1.29, 1.82) is 0 Å². The fraction of sp³-hybridized carbons (Fsp3) is 0.368. The molecule has 0 aliphatic carbocycles. The lowest BCUT2D eigenvalue weighted by Crippen LogP contribution is -2.46. The van der Waals surface area contributed by atoms with Crippen molar-refractivity contribution in [2.24, 2.45) is 0 Å². The summed E-state index contributed by atoms with van der Waals surface area (Å²) in [4.78, 5) is 9.15. The first-order valence-electron chi connectivity index (χ1n) is 8.54. The molecule has 27 heavy (non-hydrogen) atoms. The Hall–Kier alpha value is -1.25. The molecule has 2 aromatic heterocycles. The monoisotopic (exact) mass is 469 g/mol. The number of benzene rings is 1. The van der Waals surface area contributed by atoms with Crippen molar-refractivity contribution in [1.82, 2.24) is 15.3 Å². The summed E-state index contributed by atoms with van der Waals surface area (Å²) in [6.45, 7) is 4.78. The molecule has 1 unspecified atom stereocenters. The summed E-state index contributed by atoms with van der Waals surface area (Å²) in [6, 6.07) is 10.6. The maximum Gasteiger partial charge on any atom is 0.232 e. The van der Waals surface area contributed by atoms with Crippen LogP contribution in [0.5, 0.6) is 5.88 Å². The van der Waals surface area contributed by atoms with Gasteiger partial charge in [0.25, 0.3) is 0 Å². The summed E-state index contributed by atoms with van der Waals surface area (Å²) >= 11 is 10.9. The Morgan fingerprint density at radius 3 is 2.93 bits per heavy atom. The Morgan fingerprint density at radius 1 is 1.37 bits per heavy atom. The molecule has 0 spiro atoms. The van der Waals surface area contributed by atoms with Crippen LogP contribution in [0.2, 0.25) is 5.28 Å². The van der Waals surface area contributed by atoms with Crippen molar-refractivity contribution < 1.29 is 9.84 Å². The van der Waals surface area contributed by atoms with Crippen molar-refractivity contribution in [3.05, 3.63) is 51.2 Å². The smallest absolute Gasteiger partial charge is 0.232 e. The summed E-state index contributed by atoms with van der Waals surface area (Å²) in [7, 11) is 0. The first-order valence-corrected chi connectivity index (χ1v) is 10.5. The van der Waals surface area contributed by atoms with Crippen molar-refractivity contribution >= 4 is 49.0 Å². The average molecular weight is 471 g/mol. The highest BCUT2D eigenvalue weighted by atomic mass is 79.9. The second-order valence-electron chi connectivity index (χ2n) is 6.95. The van der Waals surface area contributed by atoms with Gasteiger partial charge in [0, 0.05) is 27.9 Å². The van der Waals surface area contributed by atoms with Crippen LogP contribution in [0.25, 0.3) is 10.1 Å². The minimum atomic E-state index is -0.674. The third-order valence-corrected chi connectivity index (χ3v) is 5.85. The Bertz CT molecular complexity index is 886. The van der Waals surface area contributed by atoms with E-state index in [1.165, 1.54) is 21.2 Å². The number of nitrogens with zero attached hydrogens (tertiary/aromatic N) is 2. The highest BCUT2D eigenvalue weighted by Gasteiger charge is 2.21. The van der Waals surface area contributed by atoms with Gasteiger partial charge >= 0.3 is 0 Å². The van der Waals surface area contributed by atoms with Crippen molar-refractivity contribution in [3.8, 4) is 5.88 Å². The number of aromatic nitrogens is 2. The first kappa shape index (κ1) is 20.5. The van der Waals surface area contributed by atoms with Gasteiger partial charge in [0.05, 0.1) is 4.47 Å². The molecule has 2 heterocycles. The molecule has 2 N–H and O–H groups in total. The molecule has 5 nitrogen and oxygen atoms in total. The fourth-order valence-electron chi connectivity index (χ4n) is 2.68. The van der Waals surface area contributed by atoms with Gasteiger partial charge in [0.2, 0.25) is 11.2 Å². The molecule has 3 rings (SSSR count). The molecule has 1 atom stereocenters. The van der Waals surface area contributed by atoms with Crippen LogP contribution in [0.1, 0.15) is 18.7 Å². The lowest BCUT2D eigenvalue weighted by Gasteiger charge is -2.27. The van der Waals surface area contributed by atoms with Crippen LogP contribution in [0.4, 0.5) is 0 Å². The molecule has 0 saturated heterocycles. The molecule has 0 bridgehead atoms. The Morgan fingerprint density at radius 2 is 2.15 bits per heavy atom. The van der Waals surface area contributed by atoms with Gasteiger partial charge in [-0.1, -0.05) is 18.2 Å². The number of fused-ring (bicyclic) bond motifs is 1. The number of nitrogens with one attached hydrogen (secondary N) is 1. The van der Waals surface area contributed by atoms with Crippen LogP contribution in [0.15, 0.2) is 41.0 Å². The number of halogens is 2. The molecule has 3 aromatic rings. The minimum absolute atomic E-state index is 0.102. The number of β-amino-alcohol motifs (C(OH)–C–C–N with tert-alkyl or cyclic N) is 1. The molecular formula is C19H21BrClN3O2S. The lowest BCUT2D eigenvalue weighted by atomic mass is 9.99. The van der Waals surface area contributed by atoms with E-state index in [2.05, 4.69) is 75.4 Å². The van der Waals surface area contributed by atoms with E-state index in [0.29, 0.717) is 16.9 Å². The van der Waals surface area contributed by atoms with Crippen LogP contribution in [0.3, 0.4) is 0 Å². The minimum Gasteiger partial charge on any atom is -0.474 e. The maximum absolute atomic E-state index is 10.2. The highest BCUT2D eigenvalue weighted by molar-refractivity contribution is 9.10. The predicted octanol–water partition coefficient (Wildman–Crippen LogP) is 4.46. The van der Waals surface area contributed by atoms with Gasteiger partial charge in [-0.3, -0.25) is 0 Å². The van der Waals surface area contributed by atoms with E-state index in [4.69, 9.17) is 16.3 Å². The Balaban J connectivity index is 1.50. The molecule has 144 valence electrons. The quantitative estimate of drug-likeness (QED) is 0.476. The summed E-state index contributed by atoms with van der Waals surface area (Å²) in [6.07, 6.45) is 1.73. The highest BCUT2D eigenvalue weighted by Crippen LogP contribution is 2.28. The van der Waals surface area contributed by atoms with E-state index in [1.807, 2.05) is 11.3 Å². The van der Waals surface area contributed by atoms with E-state index in [1.54, 1.807) is 0 Å². The lowest BCUT2D eigenvalue weighted by molar-refractivity contribution is 0.0961. The van der Waals surface area contributed by atoms with E-state index >= 15 is 0 Å². The number of aliphatic hydroxyl groups excluding tert-OH is 1. The Kier molecular flexibility index (Phi) is 6.70. The number of hydrogen-bond acceptors (Lipinski definition) is 6. The largest absolute Gasteiger partial charge is 0.474 e. The van der Waals surface area contributed by atoms with Crippen LogP contribution in [-0.2, 0) is 6.42 Å². The number of thiophene rings is 1. The second kappa shape index (κ2) is 8.84. The molecule has 0 radical (unpaired) electrons. The van der Waals surface area contributed by atoms with Gasteiger partial charge in [-0.2, -0.15) is 4.98 Å². The first-order chi connectivity index (χ1) is 12.8.